The molecule has 186 valence electrons. The van der Waals surface area contributed by atoms with Gasteiger partial charge in [0.1, 0.15) is 0 Å². The molecule has 0 atom stereocenters. The van der Waals surface area contributed by atoms with Gasteiger partial charge in [-0.15, -0.1) is 0 Å². The summed E-state index contributed by atoms with van der Waals surface area (Å²) < 4.78 is 5.12. The Morgan fingerprint density at radius 2 is 1.00 bits per heavy atom. The number of unbranched alkanes of at least 4 members (excludes halogenated alkanes) is 12. The predicted molar refractivity (Wildman–Crippen MR) is 138 cm³/mol. The van der Waals surface area contributed by atoms with Gasteiger partial charge in [-0.2, -0.15) is 0 Å². The minimum absolute atomic E-state index is 0. The zero-order valence-corrected chi connectivity index (χ0v) is 22.9. The fourth-order valence-corrected chi connectivity index (χ4v) is 9.35. The molecule has 4 heteroatoms. The number of hydrogen-bond acceptors (Lipinski definition) is 2. The van der Waals surface area contributed by atoms with E-state index in [4.69, 9.17) is 4.74 Å². The van der Waals surface area contributed by atoms with Crippen LogP contribution in [0.4, 0.5) is 0 Å². The lowest BCUT2D eigenvalue weighted by Gasteiger charge is -2.28. The quantitative estimate of drug-likeness (QED) is 0.0777. The van der Waals surface area contributed by atoms with Crippen LogP contribution in [0.5, 0.6) is 0 Å². The van der Waals surface area contributed by atoms with E-state index < -0.39 is 7.26 Å². The van der Waals surface area contributed by atoms with Gasteiger partial charge in [-0.05, 0) is 64.2 Å². The highest BCUT2D eigenvalue weighted by molar-refractivity contribution is 7.75. The minimum atomic E-state index is -0.791. The van der Waals surface area contributed by atoms with Crippen molar-refractivity contribution in [1.29, 1.82) is 0 Å². The second-order valence-electron chi connectivity index (χ2n) is 9.20. The van der Waals surface area contributed by atoms with E-state index in [-0.39, 0.29) is 18.4 Å². The summed E-state index contributed by atoms with van der Waals surface area (Å²) in [6.45, 7) is 11.0. The van der Waals surface area contributed by atoms with E-state index >= 15 is 0 Å². The molecule has 0 rings (SSSR count). The monoisotopic (exact) mass is 476 g/mol. The van der Waals surface area contributed by atoms with Gasteiger partial charge in [0.15, 0.2) is 0 Å². The molecule has 0 radical (unpaired) electrons. The molecule has 0 amide bonds. The predicted octanol–water partition coefficient (Wildman–Crippen LogP) is 6.04. The molecule has 0 aromatic rings. The lowest BCUT2D eigenvalue weighted by molar-refractivity contribution is -0.137. The molecule has 0 saturated heterocycles. The molecule has 31 heavy (non-hydrogen) atoms. The van der Waals surface area contributed by atoms with Crippen molar-refractivity contribution < 1.29 is 21.9 Å². The van der Waals surface area contributed by atoms with Gasteiger partial charge >= 0.3 is 5.97 Å². The first-order chi connectivity index (χ1) is 14.6. The highest BCUT2D eigenvalue weighted by atomic mass is 35.5. The molecular weight excluding hydrogens is 423 g/mol. The van der Waals surface area contributed by atoms with Crippen molar-refractivity contribution in [2.75, 3.05) is 31.3 Å². The summed E-state index contributed by atoms with van der Waals surface area (Å²) in [7, 11) is -0.791. The van der Waals surface area contributed by atoms with Gasteiger partial charge in [-0.3, -0.25) is 0 Å². The van der Waals surface area contributed by atoms with Gasteiger partial charge in [0.05, 0.1) is 31.3 Å². The van der Waals surface area contributed by atoms with Crippen LogP contribution in [0.3, 0.4) is 0 Å². The van der Waals surface area contributed by atoms with Gasteiger partial charge in [0.25, 0.3) is 0 Å². The Balaban J connectivity index is 0. The van der Waals surface area contributed by atoms with Crippen molar-refractivity contribution in [1.82, 2.24) is 0 Å². The van der Waals surface area contributed by atoms with Crippen molar-refractivity contribution in [3.05, 3.63) is 12.7 Å². The molecule has 0 aromatic carbocycles. The first kappa shape index (κ1) is 33.1. The van der Waals surface area contributed by atoms with E-state index in [1.54, 1.807) is 18.5 Å². The third-order valence-electron chi connectivity index (χ3n) is 6.40. The molecule has 0 bridgehead atoms. The summed E-state index contributed by atoms with van der Waals surface area (Å²) in [5, 5.41) is 0. The number of rotatable bonds is 23. The Morgan fingerprint density at radius 3 is 1.35 bits per heavy atom. The highest BCUT2D eigenvalue weighted by Gasteiger charge is 2.34. The molecule has 0 fully saturated rings. The second-order valence-corrected chi connectivity index (χ2v) is 13.7. The van der Waals surface area contributed by atoms with Crippen LogP contribution in [0.2, 0.25) is 0 Å². The van der Waals surface area contributed by atoms with E-state index in [9.17, 15) is 4.79 Å². The third kappa shape index (κ3) is 20.3. The van der Waals surface area contributed by atoms with E-state index in [0.29, 0.717) is 6.61 Å². The summed E-state index contributed by atoms with van der Waals surface area (Å²) >= 11 is 0. The molecule has 0 spiro atoms. The standard InChI is InChI=1S/C27H54O2P.ClH/c1-5-9-12-18-23-30(24-19-13-10-6-2,25-20-14-11-7-3)26-21-16-15-17-22-29-27(28)8-4;/h8H,4-7,9-26H2,1-3H3;1H/q+1;/p-1. The lowest BCUT2D eigenvalue weighted by atomic mass is 10.2. The van der Waals surface area contributed by atoms with Crippen molar-refractivity contribution in [2.24, 2.45) is 0 Å². The first-order valence-corrected chi connectivity index (χ1v) is 15.8. The van der Waals surface area contributed by atoms with Crippen LogP contribution in [0.1, 0.15) is 124 Å². The summed E-state index contributed by atoms with van der Waals surface area (Å²) in [6, 6.07) is 0. The Morgan fingerprint density at radius 1 is 0.645 bits per heavy atom. The van der Waals surface area contributed by atoms with E-state index in [1.165, 1.54) is 109 Å². The summed E-state index contributed by atoms with van der Waals surface area (Å²) in [6.07, 6.45) is 29.3. The molecule has 0 aromatic heterocycles. The fraction of sp³-hybridized carbons (Fsp3) is 0.889. The SMILES string of the molecule is C=CC(=O)OCCCCCC[P+](CCCCCC)(CCCCCC)CCCCCC.[Cl-]. The molecule has 0 aliphatic rings. The van der Waals surface area contributed by atoms with Gasteiger partial charge < -0.3 is 17.1 Å². The average Bonchev–Trinajstić information content (AvgIpc) is 2.76. The Hall–Kier alpha value is -0.0700. The zero-order chi connectivity index (χ0) is 22.3. The second kappa shape index (κ2) is 24.6. The number of carbonyl (C=O) groups excluding carboxylic acids is 1. The largest absolute Gasteiger partial charge is 1.00 e. The van der Waals surface area contributed by atoms with Crippen molar-refractivity contribution in [3.8, 4) is 0 Å². The molecule has 0 aliphatic carbocycles. The van der Waals surface area contributed by atoms with Crippen LogP contribution in [-0.2, 0) is 9.53 Å². The van der Waals surface area contributed by atoms with Crippen molar-refractivity contribution in [2.45, 2.75) is 124 Å². The maximum atomic E-state index is 11.1. The Bertz CT molecular complexity index is 369. The lowest BCUT2D eigenvalue weighted by Crippen LogP contribution is -3.00. The van der Waals surface area contributed by atoms with Crippen LogP contribution in [-0.4, -0.2) is 37.2 Å². The number of hydrogen-bond donors (Lipinski definition) is 0. The summed E-state index contributed by atoms with van der Waals surface area (Å²) in [5.41, 5.74) is 0. The van der Waals surface area contributed by atoms with E-state index in [1.807, 2.05) is 0 Å². The van der Waals surface area contributed by atoms with E-state index in [0.717, 1.165) is 6.42 Å². The molecule has 0 heterocycles. The van der Waals surface area contributed by atoms with E-state index in [2.05, 4.69) is 27.4 Å². The summed E-state index contributed by atoms with van der Waals surface area (Å²) in [4.78, 5) is 11.1. The average molecular weight is 477 g/mol. The van der Waals surface area contributed by atoms with Gasteiger partial charge in [-0.25, -0.2) is 4.79 Å². The van der Waals surface area contributed by atoms with Crippen molar-refractivity contribution >= 4 is 13.2 Å². The zero-order valence-electron chi connectivity index (χ0n) is 21.3. The van der Waals surface area contributed by atoms with Gasteiger partial charge in [0, 0.05) is 13.3 Å². The van der Waals surface area contributed by atoms with Crippen LogP contribution in [0.15, 0.2) is 12.7 Å². The molecule has 0 N–H and O–H groups in total. The number of ether oxygens (including phenoxy) is 1. The number of esters is 1. The highest BCUT2D eigenvalue weighted by Crippen LogP contribution is 2.61. The smallest absolute Gasteiger partial charge is 0.330 e. The fourth-order valence-electron chi connectivity index (χ4n) is 4.43. The first-order valence-electron chi connectivity index (χ1n) is 13.3. The minimum Gasteiger partial charge on any atom is -1.00 e. The molecular formula is C27H54ClO2P. The third-order valence-corrected chi connectivity index (χ3v) is 11.5. The van der Waals surface area contributed by atoms with Gasteiger partial charge in [-0.1, -0.05) is 65.9 Å². The van der Waals surface area contributed by atoms with Crippen LogP contribution >= 0.6 is 7.26 Å². The molecule has 0 aliphatic heterocycles. The van der Waals surface area contributed by atoms with Crippen molar-refractivity contribution in [3.63, 3.8) is 0 Å². The number of carbonyl (C=O) groups is 1. The van der Waals surface area contributed by atoms with Crippen LogP contribution in [0, 0.1) is 0 Å². The number of halogens is 1. The Kier molecular flexibility index (Phi) is 26.2. The Labute approximate surface area is 202 Å². The van der Waals surface area contributed by atoms with Gasteiger partial charge in [0.2, 0.25) is 0 Å². The topological polar surface area (TPSA) is 26.3 Å². The van der Waals surface area contributed by atoms with Crippen LogP contribution in [0.25, 0.3) is 0 Å². The molecule has 0 unspecified atom stereocenters. The van der Waals surface area contributed by atoms with Crippen LogP contribution < -0.4 is 12.4 Å². The summed E-state index contributed by atoms with van der Waals surface area (Å²) in [5.74, 6) is -0.286. The maximum absolute atomic E-state index is 11.1. The maximum Gasteiger partial charge on any atom is 0.330 e. The molecule has 0 saturated carbocycles. The molecule has 2 nitrogen and oxygen atoms in total. The normalized spacial score (nSPS) is 11.2.